The van der Waals surface area contributed by atoms with Crippen LogP contribution in [0.25, 0.3) is 6.08 Å². The van der Waals surface area contributed by atoms with Gasteiger partial charge in [-0.05, 0) is 89.9 Å². The second-order valence-electron chi connectivity index (χ2n) is 9.97. The molecule has 1 saturated heterocycles. The molecule has 3 heterocycles. The van der Waals surface area contributed by atoms with E-state index in [9.17, 15) is 9.59 Å². The SMILES string of the molecule is O=C(COc1ccc(Nc2nc(NC3CCCC3)nc(NN3C(=O)/C(=C/c4ccsc4)SC3=S)n2)cc1)Nc1ccccc1. The van der Waals surface area contributed by atoms with Gasteiger partial charge in [0.25, 0.3) is 11.8 Å². The number of hydrogen-bond acceptors (Lipinski definition) is 12. The van der Waals surface area contributed by atoms with E-state index in [1.807, 2.05) is 53.2 Å². The number of nitrogens with one attached hydrogen (secondary N) is 4. The Kier molecular flexibility index (Phi) is 9.29. The highest BCUT2D eigenvalue weighted by Gasteiger charge is 2.33. The molecular weight excluding hydrogens is 617 g/mol. The highest BCUT2D eigenvalue weighted by Crippen LogP contribution is 2.33. The van der Waals surface area contributed by atoms with Crippen LogP contribution >= 0.6 is 35.3 Å². The predicted molar refractivity (Wildman–Crippen MR) is 179 cm³/mol. The van der Waals surface area contributed by atoms with Crippen LogP contribution in [0.1, 0.15) is 31.2 Å². The van der Waals surface area contributed by atoms with Gasteiger partial charge in [-0.15, -0.1) is 0 Å². The van der Waals surface area contributed by atoms with Crippen LogP contribution in [0.4, 0.5) is 29.2 Å². The molecule has 11 nitrogen and oxygen atoms in total. The first-order valence-corrected chi connectivity index (χ1v) is 16.1. The Morgan fingerprint density at radius 1 is 0.977 bits per heavy atom. The number of benzene rings is 2. The van der Waals surface area contributed by atoms with E-state index in [-0.39, 0.29) is 36.4 Å². The van der Waals surface area contributed by atoms with Crippen LogP contribution < -0.4 is 26.1 Å². The molecule has 224 valence electrons. The van der Waals surface area contributed by atoms with Crippen LogP contribution in [0.2, 0.25) is 0 Å². The normalized spacial score (nSPS) is 15.9. The summed E-state index contributed by atoms with van der Waals surface area (Å²) in [7, 11) is 0. The van der Waals surface area contributed by atoms with E-state index < -0.39 is 0 Å². The number of para-hydroxylation sites is 1. The number of thiocarbonyl (C=S) groups is 1. The quantitative estimate of drug-likeness (QED) is 0.109. The molecule has 2 aromatic carbocycles. The summed E-state index contributed by atoms with van der Waals surface area (Å²) in [6.07, 6.45) is 6.17. The van der Waals surface area contributed by atoms with Gasteiger partial charge in [-0.2, -0.15) is 31.3 Å². The van der Waals surface area contributed by atoms with Crippen molar-refractivity contribution in [3.8, 4) is 5.75 Å². The van der Waals surface area contributed by atoms with Gasteiger partial charge in [-0.3, -0.25) is 15.0 Å². The lowest BCUT2D eigenvalue weighted by atomic mass is 10.2. The van der Waals surface area contributed by atoms with Crippen molar-refractivity contribution in [2.24, 2.45) is 0 Å². The molecule has 2 fully saturated rings. The summed E-state index contributed by atoms with van der Waals surface area (Å²) < 4.78 is 5.99. The van der Waals surface area contributed by atoms with Crippen LogP contribution in [-0.2, 0) is 9.59 Å². The zero-order valence-electron chi connectivity index (χ0n) is 23.4. The molecule has 2 aliphatic rings. The smallest absolute Gasteiger partial charge is 0.285 e. The van der Waals surface area contributed by atoms with Gasteiger partial charge >= 0.3 is 0 Å². The lowest BCUT2D eigenvalue weighted by Crippen LogP contribution is -2.35. The van der Waals surface area contributed by atoms with Gasteiger partial charge in [0.2, 0.25) is 17.8 Å². The van der Waals surface area contributed by atoms with Crippen molar-refractivity contribution in [2.75, 3.05) is 28.0 Å². The van der Waals surface area contributed by atoms with Crippen LogP contribution in [0.5, 0.6) is 5.75 Å². The highest BCUT2D eigenvalue weighted by molar-refractivity contribution is 8.26. The van der Waals surface area contributed by atoms with Gasteiger partial charge in [0.15, 0.2) is 10.9 Å². The minimum absolute atomic E-state index is 0.125. The molecule has 44 heavy (non-hydrogen) atoms. The first-order valence-electron chi connectivity index (χ1n) is 13.9. The van der Waals surface area contributed by atoms with E-state index in [2.05, 4.69) is 36.3 Å². The molecule has 0 bridgehead atoms. The maximum Gasteiger partial charge on any atom is 0.285 e. The fraction of sp³-hybridized carbons (Fsp3) is 0.200. The van der Waals surface area contributed by atoms with Gasteiger partial charge < -0.3 is 20.7 Å². The van der Waals surface area contributed by atoms with E-state index in [0.717, 1.165) is 31.2 Å². The number of ether oxygens (including phenoxy) is 1. The molecule has 6 rings (SSSR count). The number of nitrogens with zero attached hydrogens (tertiary/aromatic N) is 4. The molecule has 2 amide bonds. The fourth-order valence-electron chi connectivity index (χ4n) is 4.60. The number of carbonyl (C=O) groups excluding carboxylic acids is 2. The average molecular weight is 645 g/mol. The maximum atomic E-state index is 13.2. The summed E-state index contributed by atoms with van der Waals surface area (Å²) >= 11 is 8.26. The van der Waals surface area contributed by atoms with Crippen LogP contribution in [0.15, 0.2) is 76.3 Å². The molecule has 2 aromatic heterocycles. The van der Waals surface area contributed by atoms with Crippen molar-refractivity contribution >= 4 is 86.7 Å². The third-order valence-corrected chi connectivity index (χ3v) is 8.71. The van der Waals surface area contributed by atoms with E-state index in [1.54, 1.807) is 35.6 Å². The monoisotopic (exact) mass is 644 g/mol. The summed E-state index contributed by atoms with van der Waals surface area (Å²) in [5.74, 6) is 0.832. The van der Waals surface area contributed by atoms with Crippen LogP contribution in [0, 0.1) is 0 Å². The molecule has 1 aliphatic carbocycles. The molecule has 1 saturated carbocycles. The minimum Gasteiger partial charge on any atom is -0.484 e. The maximum absolute atomic E-state index is 13.2. The molecule has 14 heteroatoms. The second-order valence-corrected chi connectivity index (χ2v) is 12.4. The van der Waals surface area contributed by atoms with Crippen molar-refractivity contribution in [1.82, 2.24) is 20.0 Å². The molecule has 4 N–H and O–H groups in total. The van der Waals surface area contributed by atoms with Crippen LogP contribution in [0.3, 0.4) is 0 Å². The number of thioether (sulfide) groups is 1. The predicted octanol–water partition coefficient (Wildman–Crippen LogP) is 6.28. The van der Waals surface area contributed by atoms with Crippen molar-refractivity contribution < 1.29 is 14.3 Å². The summed E-state index contributed by atoms with van der Waals surface area (Å²) in [6.45, 7) is -0.125. The number of hydrogen-bond donors (Lipinski definition) is 4. The molecule has 0 atom stereocenters. The zero-order valence-corrected chi connectivity index (χ0v) is 25.8. The molecule has 1 aliphatic heterocycles. The van der Waals surface area contributed by atoms with Crippen molar-refractivity contribution in [1.29, 1.82) is 0 Å². The minimum atomic E-state index is -0.278. The van der Waals surface area contributed by atoms with Gasteiger partial charge in [0, 0.05) is 17.4 Å². The Morgan fingerprint density at radius 2 is 1.73 bits per heavy atom. The van der Waals surface area contributed by atoms with Gasteiger partial charge in [0.1, 0.15) is 5.75 Å². The molecule has 0 spiro atoms. The van der Waals surface area contributed by atoms with Gasteiger partial charge in [0.05, 0.1) is 4.91 Å². The van der Waals surface area contributed by atoms with Crippen molar-refractivity contribution in [3.05, 3.63) is 81.9 Å². The summed E-state index contributed by atoms with van der Waals surface area (Å²) in [5.41, 5.74) is 5.32. The van der Waals surface area contributed by atoms with Gasteiger partial charge in [-0.1, -0.05) is 42.8 Å². The first-order chi connectivity index (χ1) is 21.5. The number of aromatic nitrogens is 3. The Hall–Kier alpha value is -4.53. The summed E-state index contributed by atoms with van der Waals surface area (Å²) in [6, 6.07) is 18.5. The number of thiophene rings is 1. The van der Waals surface area contributed by atoms with E-state index in [4.69, 9.17) is 17.0 Å². The highest BCUT2D eigenvalue weighted by atomic mass is 32.2. The average Bonchev–Trinajstić information content (AvgIpc) is 3.78. The summed E-state index contributed by atoms with van der Waals surface area (Å²) in [4.78, 5) is 39.5. The molecular formula is C30H28N8O3S3. The number of anilines is 5. The Balaban J connectivity index is 1.13. The third-order valence-electron chi connectivity index (χ3n) is 6.71. The van der Waals surface area contributed by atoms with E-state index in [0.29, 0.717) is 32.3 Å². The van der Waals surface area contributed by atoms with Crippen LogP contribution in [-0.4, -0.2) is 48.7 Å². The third kappa shape index (κ3) is 7.70. The molecule has 4 aromatic rings. The number of rotatable bonds is 11. The number of amides is 2. The van der Waals surface area contributed by atoms with E-state index in [1.165, 1.54) is 16.8 Å². The fourth-order valence-corrected chi connectivity index (χ4v) is 6.40. The number of carbonyl (C=O) groups is 2. The molecule has 0 radical (unpaired) electrons. The summed E-state index contributed by atoms with van der Waals surface area (Å²) in [5, 5.41) is 14.6. The topological polar surface area (TPSA) is 133 Å². The lowest BCUT2D eigenvalue weighted by molar-refractivity contribution is -0.121. The largest absolute Gasteiger partial charge is 0.484 e. The lowest BCUT2D eigenvalue weighted by Gasteiger charge is -2.18. The van der Waals surface area contributed by atoms with Gasteiger partial charge in [-0.25, -0.2) is 0 Å². The first kappa shape index (κ1) is 29.5. The zero-order chi connectivity index (χ0) is 30.3. The second kappa shape index (κ2) is 13.8. The molecule has 0 unspecified atom stereocenters. The number of hydrazine groups is 1. The Bertz CT molecular complexity index is 1660. The standard InChI is InChI=1S/C30H28N8O3S3/c39-25(31-20-6-2-1-3-7-20)17-41-23-12-10-22(11-13-23)33-28-34-27(32-21-8-4-5-9-21)35-29(36-28)37-38-26(40)24(44-30(38)42)16-19-14-15-43-18-19/h1-3,6-7,10-16,18,21H,4-5,8-9,17H2,(H,31,39)(H3,32,33,34,35,36,37)/b24-16-. The van der Waals surface area contributed by atoms with Crippen molar-refractivity contribution in [3.63, 3.8) is 0 Å². The Labute approximate surface area is 267 Å². The van der Waals surface area contributed by atoms with Crippen molar-refractivity contribution in [2.45, 2.75) is 31.7 Å². The van der Waals surface area contributed by atoms with E-state index >= 15 is 0 Å². The Morgan fingerprint density at radius 3 is 2.48 bits per heavy atom.